The molecule has 3 aromatic rings. The molecule has 0 unspecified atom stereocenters. The lowest BCUT2D eigenvalue weighted by atomic mass is 9.59. The molecule has 2 aliphatic heterocycles. The number of anilines is 1. The summed E-state index contributed by atoms with van der Waals surface area (Å²) in [7, 11) is 0. The van der Waals surface area contributed by atoms with E-state index in [4.69, 9.17) is 32.7 Å². The maximum atomic E-state index is 14.7. The maximum absolute atomic E-state index is 14.7. The van der Waals surface area contributed by atoms with Crippen molar-refractivity contribution in [2.45, 2.75) is 57.1 Å². The number of fused-ring (bicyclic) bond motifs is 2. The van der Waals surface area contributed by atoms with E-state index in [2.05, 4.69) is 10.6 Å². The number of benzene rings is 3. The van der Waals surface area contributed by atoms with Gasteiger partial charge in [0.15, 0.2) is 5.60 Å². The number of amides is 2. The number of hydrogen-bond acceptors (Lipinski definition) is 5. The van der Waals surface area contributed by atoms with E-state index in [1.807, 2.05) is 0 Å². The van der Waals surface area contributed by atoms with E-state index < -0.39 is 40.7 Å². The predicted molar refractivity (Wildman–Crippen MR) is 154 cm³/mol. The number of esters is 1. The molecule has 3 aromatic carbocycles. The van der Waals surface area contributed by atoms with Crippen LogP contribution >= 0.6 is 23.2 Å². The molecule has 1 saturated heterocycles. The Labute approximate surface area is 247 Å². The molecule has 7 nitrogen and oxygen atoms in total. The van der Waals surface area contributed by atoms with Crippen LogP contribution in [0.15, 0.2) is 54.6 Å². The number of halogens is 3. The molecule has 2 heterocycles. The van der Waals surface area contributed by atoms with Crippen LogP contribution in [0, 0.1) is 12.7 Å². The molecule has 1 spiro atoms. The first-order valence-corrected chi connectivity index (χ1v) is 14.0. The zero-order valence-corrected chi connectivity index (χ0v) is 24.5. The molecule has 214 valence electrons. The number of carbonyl (C=O) groups is 3. The highest BCUT2D eigenvalue weighted by Gasteiger charge is 2.62. The van der Waals surface area contributed by atoms with Gasteiger partial charge in [0.25, 0.3) is 0 Å². The number of rotatable bonds is 6. The zero-order chi connectivity index (χ0) is 29.7. The van der Waals surface area contributed by atoms with E-state index in [0.717, 1.165) is 0 Å². The second-order valence-corrected chi connectivity index (χ2v) is 11.7. The molecule has 2 N–H and O–H groups in total. The summed E-state index contributed by atoms with van der Waals surface area (Å²) in [4.78, 5) is 40.5. The van der Waals surface area contributed by atoms with Gasteiger partial charge in [0, 0.05) is 33.6 Å². The Morgan fingerprint density at radius 1 is 1.05 bits per heavy atom. The van der Waals surface area contributed by atoms with Crippen molar-refractivity contribution in [2.24, 2.45) is 0 Å². The SMILES string of the molecule is CCOC(=O)C(C)(C)Oc1ccc(Cl)cc1[C@H]1CC(=O)N[C@@H](c2cc(F)ccc2C)[C@]12C(=O)Nc1cc(Cl)ccc12. The minimum atomic E-state index is -1.46. The average molecular weight is 599 g/mol. The van der Waals surface area contributed by atoms with E-state index >= 15 is 0 Å². The average Bonchev–Trinajstić information content (AvgIpc) is 3.18. The third-order valence-electron chi connectivity index (χ3n) is 7.78. The van der Waals surface area contributed by atoms with E-state index in [1.165, 1.54) is 12.1 Å². The summed E-state index contributed by atoms with van der Waals surface area (Å²) in [6, 6.07) is 13.2. The van der Waals surface area contributed by atoms with Gasteiger partial charge in [0.2, 0.25) is 11.8 Å². The van der Waals surface area contributed by atoms with Crippen molar-refractivity contribution in [1.29, 1.82) is 0 Å². The van der Waals surface area contributed by atoms with Crippen molar-refractivity contribution >= 4 is 46.7 Å². The molecule has 41 heavy (non-hydrogen) atoms. The van der Waals surface area contributed by atoms with E-state index in [-0.39, 0.29) is 24.7 Å². The van der Waals surface area contributed by atoms with Crippen molar-refractivity contribution in [3.63, 3.8) is 0 Å². The topological polar surface area (TPSA) is 93.7 Å². The van der Waals surface area contributed by atoms with Crippen LogP contribution < -0.4 is 15.4 Å². The molecular formula is C31H29Cl2FN2O5. The number of carbonyl (C=O) groups excluding carboxylic acids is 3. The summed E-state index contributed by atoms with van der Waals surface area (Å²) in [5, 5.41) is 6.70. The molecule has 0 bridgehead atoms. The smallest absolute Gasteiger partial charge is 0.349 e. The van der Waals surface area contributed by atoms with Crippen molar-refractivity contribution in [2.75, 3.05) is 11.9 Å². The normalized spacial score (nSPS) is 21.7. The quantitative estimate of drug-likeness (QED) is 0.320. The minimum absolute atomic E-state index is 0.114. The largest absolute Gasteiger partial charge is 0.476 e. The first-order valence-electron chi connectivity index (χ1n) is 13.2. The monoisotopic (exact) mass is 598 g/mol. The lowest BCUT2D eigenvalue weighted by Gasteiger charge is -2.47. The van der Waals surface area contributed by atoms with Gasteiger partial charge in [-0.05, 0) is 86.8 Å². The van der Waals surface area contributed by atoms with Gasteiger partial charge in [-0.3, -0.25) is 9.59 Å². The van der Waals surface area contributed by atoms with E-state index in [1.54, 1.807) is 70.2 Å². The van der Waals surface area contributed by atoms with Crippen LogP contribution in [0.2, 0.25) is 10.0 Å². The number of piperidine rings is 1. The van der Waals surface area contributed by atoms with Crippen molar-refractivity contribution < 1.29 is 28.2 Å². The van der Waals surface area contributed by atoms with Gasteiger partial charge in [0.1, 0.15) is 17.0 Å². The van der Waals surface area contributed by atoms with Crippen LogP contribution in [-0.2, 0) is 24.5 Å². The fourth-order valence-electron chi connectivity index (χ4n) is 5.95. The van der Waals surface area contributed by atoms with Crippen LogP contribution in [0.25, 0.3) is 0 Å². The number of ether oxygens (including phenoxy) is 2. The van der Waals surface area contributed by atoms with Gasteiger partial charge in [-0.1, -0.05) is 35.3 Å². The summed E-state index contributed by atoms with van der Waals surface area (Å²) in [6.07, 6.45) is -0.114. The summed E-state index contributed by atoms with van der Waals surface area (Å²) < 4.78 is 26.1. The number of aryl methyl sites for hydroxylation is 1. The number of nitrogens with one attached hydrogen (secondary N) is 2. The third-order valence-corrected chi connectivity index (χ3v) is 8.25. The lowest BCUT2D eigenvalue weighted by Crippen LogP contribution is -2.57. The third kappa shape index (κ3) is 4.93. The molecular weight excluding hydrogens is 570 g/mol. The van der Waals surface area contributed by atoms with Crippen LogP contribution in [0.5, 0.6) is 5.75 Å². The molecule has 0 saturated carbocycles. The van der Waals surface area contributed by atoms with Gasteiger partial charge < -0.3 is 20.1 Å². The molecule has 0 radical (unpaired) electrons. The Morgan fingerprint density at radius 2 is 1.76 bits per heavy atom. The van der Waals surface area contributed by atoms with Crippen molar-refractivity contribution in [1.82, 2.24) is 5.32 Å². The molecule has 2 aliphatic rings. The second kappa shape index (κ2) is 10.7. The molecule has 2 amide bonds. The predicted octanol–water partition coefficient (Wildman–Crippen LogP) is 6.40. The van der Waals surface area contributed by atoms with Crippen LogP contribution in [0.3, 0.4) is 0 Å². The first kappa shape index (κ1) is 28.9. The van der Waals surface area contributed by atoms with Gasteiger partial charge in [0.05, 0.1) is 12.6 Å². The molecule has 3 atom stereocenters. The van der Waals surface area contributed by atoms with Crippen molar-refractivity contribution in [3.8, 4) is 5.75 Å². The summed E-state index contributed by atoms with van der Waals surface area (Å²) >= 11 is 12.8. The standard InChI is InChI=1S/C31H29Cl2FN2O5/c1-5-40-29(39)30(3,4)41-25-11-8-17(32)12-21(25)23-15-26(37)36-27(20-14-19(34)9-6-16(20)2)31(23)22-10-7-18(33)13-24(22)35-28(31)38/h6-14,23,27H,5,15H2,1-4H3,(H,35,38)(H,36,37)/t23-,27+,31-/m1/s1. The van der Waals surface area contributed by atoms with Crippen LogP contribution in [0.4, 0.5) is 10.1 Å². The van der Waals surface area contributed by atoms with E-state index in [0.29, 0.717) is 38.0 Å². The van der Waals surface area contributed by atoms with Gasteiger partial charge in [-0.25, -0.2) is 9.18 Å². The van der Waals surface area contributed by atoms with Crippen LogP contribution in [0.1, 0.15) is 61.4 Å². The summed E-state index contributed by atoms with van der Waals surface area (Å²) in [6.45, 7) is 6.81. The molecule has 0 aliphatic carbocycles. The zero-order valence-electron chi connectivity index (χ0n) is 22.9. The Kier molecular flexibility index (Phi) is 7.51. The Balaban J connectivity index is 1.78. The van der Waals surface area contributed by atoms with Crippen molar-refractivity contribution in [3.05, 3.63) is 92.7 Å². The highest BCUT2D eigenvalue weighted by Crippen LogP contribution is 2.59. The maximum Gasteiger partial charge on any atom is 0.349 e. The molecule has 0 aromatic heterocycles. The summed E-state index contributed by atoms with van der Waals surface area (Å²) in [5.74, 6) is -2.41. The fraction of sp³-hybridized carbons (Fsp3) is 0.323. The highest BCUT2D eigenvalue weighted by molar-refractivity contribution is 6.31. The van der Waals surface area contributed by atoms with Gasteiger partial charge in [-0.15, -0.1) is 0 Å². The lowest BCUT2D eigenvalue weighted by molar-refractivity contribution is -0.158. The second-order valence-electron chi connectivity index (χ2n) is 10.8. The summed E-state index contributed by atoms with van der Waals surface area (Å²) in [5.41, 5.74) is -0.189. The first-order chi connectivity index (χ1) is 19.4. The van der Waals surface area contributed by atoms with Gasteiger partial charge >= 0.3 is 5.97 Å². The van der Waals surface area contributed by atoms with Crippen LogP contribution in [-0.4, -0.2) is 30.0 Å². The molecule has 5 rings (SSSR count). The molecule has 1 fully saturated rings. The fourth-order valence-corrected chi connectivity index (χ4v) is 6.30. The van der Waals surface area contributed by atoms with Gasteiger partial charge in [-0.2, -0.15) is 0 Å². The Bertz CT molecular complexity index is 1580. The molecule has 10 heteroatoms. The van der Waals surface area contributed by atoms with E-state index in [9.17, 15) is 18.8 Å². The number of hydrogen-bond donors (Lipinski definition) is 2. The highest BCUT2D eigenvalue weighted by atomic mass is 35.5. The minimum Gasteiger partial charge on any atom is -0.476 e. The Morgan fingerprint density at radius 3 is 2.49 bits per heavy atom. The Hall–Kier alpha value is -3.62.